The van der Waals surface area contributed by atoms with Crippen LogP contribution in [0.3, 0.4) is 0 Å². The quantitative estimate of drug-likeness (QED) is 0.0804. The Morgan fingerprint density at radius 1 is 0.554 bits per heavy atom. The summed E-state index contributed by atoms with van der Waals surface area (Å²) in [6.45, 7) is 15.1. The molecule has 4 fully saturated rings. The summed E-state index contributed by atoms with van der Waals surface area (Å²) in [6.07, 6.45) is 6.99. The molecule has 4 aromatic rings. The fourth-order valence-corrected chi connectivity index (χ4v) is 12.0. The molecule has 4 amide bonds. The van der Waals surface area contributed by atoms with Crippen LogP contribution in [-0.4, -0.2) is 141 Å². The minimum atomic E-state index is -1.57. The number of benzene rings is 4. The first-order valence-electron chi connectivity index (χ1n) is 25.6. The maximum absolute atomic E-state index is 14.8. The van der Waals surface area contributed by atoms with Crippen molar-refractivity contribution in [3.05, 3.63) is 117 Å². The van der Waals surface area contributed by atoms with Gasteiger partial charge in [-0.1, -0.05) is 48.5 Å². The molecule has 0 bridgehead atoms. The van der Waals surface area contributed by atoms with Crippen LogP contribution in [0.4, 0.5) is 9.59 Å². The van der Waals surface area contributed by atoms with Gasteiger partial charge in [0.05, 0.1) is 0 Å². The number of likely N-dealkylation sites (tertiary alicyclic amines) is 4. The summed E-state index contributed by atoms with van der Waals surface area (Å²) in [4.78, 5) is 91.7. The second-order valence-corrected chi connectivity index (χ2v) is 23.4. The van der Waals surface area contributed by atoms with Gasteiger partial charge in [-0.3, -0.25) is 9.59 Å². The third-order valence-corrected chi connectivity index (χ3v) is 17.0. The highest BCUT2D eigenvalue weighted by Gasteiger charge is 2.45. The van der Waals surface area contributed by atoms with Crippen molar-refractivity contribution >= 4 is 59.1 Å². The summed E-state index contributed by atoms with van der Waals surface area (Å²) in [5, 5.41) is 20.0. The van der Waals surface area contributed by atoms with Gasteiger partial charge in [-0.05, 0) is 150 Å². The largest absolute Gasteiger partial charge is 0.478 e. The molecular weight excluding hydrogens is 977 g/mol. The Bertz CT molecular complexity index is 2790. The average molecular weight is 1050 g/mol. The van der Waals surface area contributed by atoms with Gasteiger partial charge in [-0.15, -0.1) is 23.5 Å². The number of Topliss-reactive ketones (excluding diaryl/α,β-unsaturated/α-hetero) is 2. The molecule has 0 aliphatic carbocycles. The van der Waals surface area contributed by atoms with Gasteiger partial charge in [0, 0.05) is 96.9 Å². The SMILES string of the molecule is CSc1ccc(C(=O)[C@H]2CN(C(=O)N3CCC(Cc4cc([C@@H]5CN(C(=O)N6CCCC6)C[C@H]5C(=O)c5ccc(SC)cc5)cc(C)c4OC(C)(C)C(=O)O)C3)C[C@@H]2c2cc(C)c(OC(C)(C)C(=O)O)c(C)c2)cc1. The first kappa shape index (κ1) is 54.3. The van der Waals surface area contributed by atoms with Crippen molar-refractivity contribution in [2.75, 3.05) is 64.9 Å². The Morgan fingerprint density at radius 3 is 1.42 bits per heavy atom. The number of amides is 4. The zero-order valence-corrected chi connectivity index (χ0v) is 45.7. The molecule has 74 heavy (non-hydrogen) atoms. The van der Waals surface area contributed by atoms with Crippen LogP contribution >= 0.6 is 23.5 Å². The lowest BCUT2D eigenvalue weighted by Crippen LogP contribution is -2.41. The fraction of sp³-hybridized carbons (Fsp3) is 0.483. The van der Waals surface area contributed by atoms with E-state index >= 15 is 0 Å². The van der Waals surface area contributed by atoms with Crippen molar-refractivity contribution in [3.8, 4) is 11.5 Å². The minimum Gasteiger partial charge on any atom is -0.478 e. The van der Waals surface area contributed by atoms with Crippen LogP contribution in [0.2, 0.25) is 0 Å². The van der Waals surface area contributed by atoms with Gasteiger partial charge in [-0.2, -0.15) is 0 Å². The van der Waals surface area contributed by atoms with E-state index in [1.165, 1.54) is 27.7 Å². The first-order chi connectivity index (χ1) is 35.1. The van der Waals surface area contributed by atoms with E-state index < -0.39 is 35.0 Å². The van der Waals surface area contributed by atoms with Crippen LogP contribution in [0.5, 0.6) is 11.5 Å². The number of thioether (sulfide) groups is 2. The molecule has 4 aromatic carbocycles. The second-order valence-electron chi connectivity index (χ2n) is 21.6. The number of rotatable bonds is 16. The van der Waals surface area contributed by atoms with Gasteiger partial charge in [0.15, 0.2) is 22.8 Å². The number of urea groups is 2. The van der Waals surface area contributed by atoms with Gasteiger partial charge in [0.1, 0.15) is 11.5 Å². The number of aryl methyl sites for hydroxylation is 3. The zero-order valence-electron chi connectivity index (χ0n) is 44.1. The van der Waals surface area contributed by atoms with E-state index in [1.807, 2.05) is 121 Å². The van der Waals surface area contributed by atoms with Crippen molar-refractivity contribution in [2.24, 2.45) is 17.8 Å². The van der Waals surface area contributed by atoms with Gasteiger partial charge in [0.25, 0.3) is 0 Å². The van der Waals surface area contributed by atoms with E-state index in [1.54, 1.807) is 28.4 Å². The molecule has 5 atom stereocenters. The monoisotopic (exact) mass is 1050 g/mol. The van der Waals surface area contributed by atoms with Gasteiger partial charge >= 0.3 is 24.0 Å². The summed E-state index contributed by atoms with van der Waals surface area (Å²) in [7, 11) is 0. The Labute approximate surface area is 443 Å². The van der Waals surface area contributed by atoms with E-state index in [4.69, 9.17) is 9.47 Å². The molecule has 4 heterocycles. The third kappa shape index (κ3) is 11.5. The van der Waals surface area contributed by atoms with Crippen molar-refractivity contribution < 1.29 is 48.5 Å². The number of ether oxygens (including phenoxy) is 2. The van der Waals surface area contributed by atoms with Gasteiger partial charge < -0.3 is 39.3 Å². The Kier molecular flexibility index (Phi) is 16.2. The molecule has 1 unspecified atom stereocenters. The number of carboxylic acid groups (broad SMARTS) is 2. The van der Waals surface area contributed by atoms with E-state index in [-0.39, 0.29) is 54.5 Å². The normalized spacial score (nSPS) is 21.1. The van der Waals surface area contributed by atoms with Crippen LogP contribution in [-0.2, 0) is 16.0 Å². The molecule has 394 valence electrons. The van der Waals surface area contributed by atoms with Crippen molar-refractivity contribution in [1.29, 1.82) is 0 Å². The molecule has 4 aliphatic heterocycles. The Balaban J connectivity index is 1.07. The van der Waals surface area contributed by atoms with Crippen molar-refractivity contribution in [2.45, 2.75) is 107 Å². The number of hydrogen-bond donors (Lipinski definition) is 2. The molecular formula is C58H70N4O10S2. The predicted octanol–water partition coefficient (Wildman–Crippen LogP) is 10.2. The average Bonchev–Trinajstić information content (AvgIpc) is 4.23. The number of aliphatic carboxylic acids is 2. The molecule has 8 rings (SSSR count). The summed E-state index contributed by atoms with van der Waals surface area (Å²) in [5.74, 6) is -3.19. The van der Waals surface area contributed by atoms with Gasteiger partial charge in [0.2, 0.25) is 0 Å². The van der Waals surface area contributed by atoms with E-state index in [2.05, 4.69) is 0 Å². The number of ketones is 2. The molecule has 0 saturated carbocycles. The number of carbonyl (C=O) groups is 6. The summed E-state index contributed by atoms with van der Waals surface area (Å²) >= 11 is 3.19. The number of nitrogens with zero attached hydrogens (tertiary/aromatic N) is 4. The molecule has 0 radical (unpaired) electrons. The van der Waals surface area contributed by atoms with Crippen molar-refractivity contribution in [3.63, 3.8) is 0 Å². The topological polar surface area (TPSA) is 174 Å². The number of carboxylic acids is 2. The number of hydrogen-bond acceptors (Lipinski definition) is 10. The zero-order chi connectivity index (χ0) is 53.4. The van der Waals surface area contributed by atoms with Crippen LogP contribution in [0.25, 0.3) is 0 Å². The van der Waals surface area contributed by atoms with Crippen molar-refractivity contribution in [1.82, 2.24) is 19.6 Å². The smallest absolute Gasteiger partial charge is 0.347 e. The van der Waals surface area contributed by atoms with Crippen LogP contribution in [0.1, 0.15) is 113 Å². The molecule has 4 saturated heterocycles. The van der Waals surface area contributed by atoms with Gasteiger partial charge in [-0.25, -0.2) is 19.2 Å². The first-order valence-corrected chi connectivity index (χ1v) is 28.1. The molecule has 0 aromatic heterocycles. The highest BCUT2D eigenvalue weighted by Crippen LogP contribution is 2.43. The van der Waals surface area contributed by atoms with E-state index in [0.29, 0.717) is 74.7 Å². The van der Waals surface area contributed by atoms with E-state index in [9.17, 15) is 39.0 Å². The Hall–Kier alpha value is -6.00. The summed E-state index contributed by atoms with van der Waals surface area (Å²) < 4.78 is 12.4. The second kappa shape index (κ2) is 22.1. The molecule has 4 aliphatic rings. The standard InChI is InChI=1S/C58H70N4O10S2/c1-34-24-40(25-35(2)51(34)71-57(4,5)53(65)66)45-30-62(33-47(45)49(63)38-12-16-43(73-8)17-13-38)56(70)60-23-20-37(29-60)27-42-28-41(26-36(3)52(42)72-58(6,7)54(67)68)46-31-61(55(69)59-21-10-11-22-59)32-48(46)50(64)39-14-18-44(74-9)19-15-39/h12-19,24-26,28,37,45-48H,10-11,20-23,27,29-33H2,1-9H3,(H,65,66)(H,67,68)/t37?,45-,46+,47+,48-/m1/s1. The van der Waals surface area contributed by atoms with Crippen LogP contribution in [0, 0.1) is 38.5 Å². The molecule has 14 nitrogen and oxygen atoms in total. The molecule has 2 N–H and O–H groups in total. The molecule has 16 heteroatoms. The highest BCUT2D eigenvalue weighted by atomic mass is 32.2. The maximum atomic E-state index is 14.8. The van der Waals surface area contributed by atoms with Crippen LogP contribution < -0.4 is 9.47 Å². The maximum Gasteiger partial charge on any atom is 0.347 e. The van der Waals surface area contributed by atoms with E-state index in [0.717, 1.165) is 56.0 Å². The Morgan fingerprint density at radius 2 is 0.973 bits per heavy atom. The lowest BCUT2D eigenvalue weighted by Gasteiger charge is -2.28. The lowest BCUT2D eigenvalue weighted by molar-refractivity contribution is -0.152. The summed E-state index contributed by atoms with van der Waals surface area (Å²) in [6, 6.07) is 22.8. The van der Waals surface area contributed by atoms with Crippen LogP contribution in [0.15, 0.2) is 82.6 Å². The molecule has 0 spiro atoms. The highest BCUT2D eigenvalue weighted by molar-refractivity contribution is 7.98. The fourth-order valence-electron chi connectivity index (χ4n) is 11.2. The summed E-state index contributed by atoms with van der Waals surface area (Å²) in [5.41, 5.74) is 2.81. The minimum absolute atomic E-state index is 0.0338. The lowest BCUT2D eigenvalue weighted by atomic mass is 9.82. The number of carbonyl (C=O) groups excluding carboxylic acids is 4. The predicted molar refractivity (Wildman–Crippen MR) is 287 cm³/mol. The third-order valence-electron chi connectivity index (χ3n) is 15.5.